The molecule has 1 aromatic rings. The molecule has 0 bridgehead atoms. The summed E-state index contributed by atoms with van der Waals surface area (Å²) in [4.78, 5) is 44.0. The van der Waals surface area contributed by atoms with Gasteiger partial charge in [-0.25, -0.2) is 4.99 Å². The van der Waals surface area contributed by atoms with Crippen molar-refractivity contribution in [2.45, 2.75) is 32.6 Å². The second kappa shape index (κ2) is 7.74. The summed E-state index contributed by atoms with van der Waals surface area (Å²) < 4.78 is 0. The summed E-state index contributed by atoms with van der Waals surface area (Å²) in [6.45, 7) is 1.48. The molecule has 6 nitrogen and oxygen atoms in total. The van der Waals surface area contributed by atoms with Crippen molar-refractivity contribution < 1.29 is 14.4 Å². The molecule has 1 N–H and O–H groups in total. The third-order valence-electron chi connectivity index (χ3n) is 4.21. The van der Waals surface area contributed by atoms with Gasteiger partial charge in [-0.15, -0.1) is 0 Å². The molecule has 25 heavy (non-hydrogen) atoms. The first-order chi connectivity index (χ1) is 12.0. The summed E-state index contributed by atoms with van der Waals surface area (Å²) in [6.07, 6.45) is 3.74. The molecule has 130 valence electrons. The number of thioether (sulfide) groups is 1. The van der Waals surface area contributed by atoms with E-state index in [0.717, 1.165) is 43.2 Å². The van der Waals surface area contributed by atoms with Crippen molar-refractivity contribution in [2.24, 2.45) is 15.9 Å². The number of nitrogens with zero attached hydrogens (tertiary/aromatic N) is 2. The summed E-state index contributed by atoms with van der Waals surface area (Å²) in [5, 5.41) is 3.11. The number of amidine groups is 1. The number of anilines is 1. The Hall–Kier alpha value is -2.28. The predicted molar refractivity (Wildman–Crippen MR) is 99.4 cm³/mol. The highest BCUT2D eigenvalue weighted by molar-refractivity contribution is 8.14. The zero-order valence-electron chi connectivity index (χ0n) is 13.9. The van der Waals surface area contributed by atoms with E-state index in [1.54, 1.807) is 24.3 Å². The van der Waals surface area contributed by atoms with Crippen LogP contribution in [0, 0.1) is 5.92 Å². The number of aliphatic imine (C=N–C) groups is 2. The Kier molecular flexibility index (Phi) is 5.43. The van der Waals surface area contributed by atoms with Crippen LogP contribution in [0.1, 0.15) is 43.0 Å². The van der Waals surface area contributed by atoms with Crippen LogP contribution in [0.2, 0.25) is 0 Å². The molecule has 3 rings (SSSR count). The Morgan fingerprint density at radius 1 is 1.28 bits per heavy atom. The number of ketones is 1. The molecule has 1 heterocycles. The van der Waals surface area contributed by atoms with Crippen LogP contribution >= 0.6 is 11.8 Å². The lowest BCUT2D eigenvalue weighted by Gasteiger charge is -2.24. The summed E-state index contributed by atoms with van der Waals surface area (Å²) in [6, 6.07) is 6.79. The van der Waals surface area contributed by atoms with Crippen LogP contribution < -0.4 is 5.32 Å². The fourth-order valence-corrected chi connectivity index (χ4v) is 3.59. The fraction of sp³-hybridized carbons (Fsp3) is 0.389. The van der Waals surface area contributed by atoms with E-state index in [-0.39, 0.29) is 29.3 Å². The van der Waals surface area contributed by atoms with Gasteiger partial charge in [-0.2, -0.15) is 4.99 Å². The van der Waals surface area contributed by atoms with Crippen molar-refractivity contribution >= 4 is 45.9 Å². The summed E-state index contributed by atoms with van der Waals surface area (Å²) in [5.41, 5.74) is 2.02. The van der Waals surface area contributed by atoms with Crippen LogP contribution in [0.4, 0.5) is 5.69 Å². The Morgan fingerprint density at radius 2 is 2.12 bits per heavy atom. The number of hydrogen-bond donors (Lipinski definition) is 1. The molecular formula is C18H19N3O3S. The van der Waals surface area contributed by atoms with E-state index in [0.29, 0.717) is 16.4 Å². The number of fused-ring (bicyclic) bond motifs is 1. The molecule has 1 atom stereocenters. The monoisotopic (exact) mass is 357 g/mol. The van der Waals surface area contributed by atoms with Gasteiger partial charge in [0.2, 0.25) is 5.91 Å². The quantitative estimate of drug-likeness (QED) is 0.839. The highest BCUT2D eigenvalue weighted by Crippen LogP contribution is 2.27. The van der Waals surface area contributed by atoms with Crippen molar-refractivity contribution in [3.63, 3.8) is 0 Å². The number of hydrogen-bond acceptors (Lipinski definition) is 5. The third-order valence-corrected chi connectivity index (χ3v) is 5.05. The average Bonchev–Trinajstić information content (AvgIpc) is 2.60. The number of amides is 2. The Morgan fingerprint density at radius 3 is 2.92 bits per heavy atom. The van der Waals surface area contributed by atoms with Gasteiger partial charge in [-0.05, 0) is 38.3 Å². The van der Waals surface area contributed by atoms with E-state index in [2.05, 4.69) is 15.3 Å². The predicted octanol–water partition coefficient (Wildman–Crippen LogP) is 3.09. The first kappa shape index (κ1) is 17.5. The zero-order valence-corrected chi connectivity index (χ0v) is 14.8. The van der Waals surface area contributed by atoms with Gasteiger partial charge in [0.25, 0.3) is 5.91 Å². The van der Waals surface area contributed by atoms with Crippen LogP contribution in [-0.2, 0) is 9.59 Å². The number of Topliss-reactive ketones (excluding diaryl/α,β-unsaturated/α-hetero) is 1. The first-order valence-electron chi connectivity index (χ1n) is 8.26. The molecule has 1 saturated carbocycles. The van der Waals surface area contributed by atoms with Crippen molar-refractivity contribution in [3.05, 3.63) is 29.8 Å². The summed E-state index contributed by atoms with van der Waals surface area (Å²) in [7, 11) is 0. The zero-order chi connectivity index (χ0) is 17.8. The molecule has 2 amide bonds. The summed E-state index contributed by atoms with van der Waals surface area (Å²) in [5.74, 6) is -0.467. The molecule has 1 unspecified atom stereocenters. The van der Waals surface area contributed by atoms with Crippen LogP contribution in [0.3, 0.4) is 0 Å². The first-order valence-corrected chi connectivity index (χ1v) is 9.25. The van der Waals surface area contributed by atoms with Crippen LogP contribution in [0.25, 0.3) is 0 Å². The Bertz CT molecular complexity index is 786. The van der Waals surface area contributed by atoms with E-state index in [4.69, 9.17) is 0 Å². The average molecular weight is 357 g/mol. The number of carbonyl (C=O) groups excluding carboxylic acids is 3. The highest BCUT2D eigenvalue weighted by atomic mass is 32.2. The standard InChI is InChI=1S/C18H19N3O3S/c1-11(22)12-5-4-6-13(9-12)19-16(23)10-25-18-20-15-8-3-2-7-14(15)17(24)21-18/h4-6,9,14H,2-3,7-8,10H2,1H3,(H,19,23). The molecule has 0 saturated heterocycles. The maximum Gasteiger partial charge on any atom is 0.256 e. The smallest absolute Gasteiger partial charge is 0.256 e. The van der Waals surface area contributed by atoms with E-state index >= 15 is 0 Å². The van der Waals surface area contributed by atoms with E-state index in [9.17, 15) is 14.4 Å². The second-order valence-corrected chi connectivity index (χ2v) is 7.05. The molecule has 1 fully saturated rings. The normalized spacial score (nSPS) is 19.6. The minimum atomic E-state index is -0.230. The molecule has 2 aliphatic rings. The third kappa shape index (κ3) is 4.42. The fourth-order valence-electron chi connectivity index (χ4n) is 2.92. The van der Waals surface area contributed by atoms with Crippen molar-refractivity contribution in [1.29, 1.82) is 0 Å². The number of benzene rings is 1. The topological polar surface area (TPSA) is 88.0 Å². The minimum absolute atomic E-state index is 0.0570. The van der Waals surface area contributed by atoms with E-state index in [1.165, 1.54) is 6.92 Å². The van der Waals surface area contributed by atoms with Crippen LogP contribution in [0.5, 0.6) is 0 Å². The van der Waals surface area contributed by atoms with Gasteiger partial charge in [-0.3, -0.25) is 14.4 Å². The number of carbonyl (C=O) groups is 3. The number of rotatable bonds is 4. The van der Waals surface area contributed by atoms with Gasteiger partial charge in [0, 0.05) is 17.0 Å². The lowest BCUT2D eigenvalue weighted by Crippen LogP contribution is -2.30. The molecule has 7 heteroatoms. The molecule has 1 aliphatic heterocycles. The molecular weight excluding hydrogens is 338 g/mol. The van der Waals surface area contributed by atoms with Crippen LogP contribution in [0.15, 0.2) is 34.3 Å². The molecule has 0 spiro atoms. The molecule has 0 radical (unpaired) electrons. The molecule has 1 aliphatic carbocycles. The SMILES string of the molecule is CC(=O)c1cccc(NC(=O)CSC2=NC(=O)C3CCCCC3=N2)c1. The van der Waals surface area contributed by atoms with E-state index < -0.39 is 0 Å². The van der Waals surface area contributed by atoms with Crippen molar-refractivity contribution in [1.82, 2.24) is 0 Å². The Balaban J connectivity index is 1.57. The summed E-state index contributed by atoms with van der Waals surface area (Å²) >= 11 is 1.16. The lowest BCUT2D eigenvalue weighted by atomic mass is 9.86. The van der Waals surface area contributed by atoms with Crippen molar-refractivity contribution in [2.75, 3.05) is 11.1 Å². The Labute approximate surface area is 150 Å². The van der Waals surface area contributed by atoms with Crippen LogP contribution in [-0.4, -0.2) is 34.2 Å². The number of nitrogens with one attached hydrogen (secondary N) is 1. The van der Waals surface area contributed by atoms with Gasteiger partial charge >= 0.3 is 0 Å². The minimum Gasteiger partial charge on any atom is -0.325 e. The lowest BCUT2D eigenvalue weighted by molar-refractivity contribution is -0.120. The van der Waals surface area contributed by atoms with Gasteiger partial charge < -0.3 is 5.32 Å². The highest BCUT2D eigenvalue weighted by Gasteiger charge is 2.30. The van der Waals surface area contributed by atoms with Gasteiger partial charge in [0.1, 0.15) is 0 Å². The molecule has 1 aromatic carbocycles. The van der Waals surface area contributed by atoms with Crippen molar-refractivity contribution in [3.8, 4) is 0 Å². The maximum absolute atomic E-state index is 12.1. The van der Waals surface area contributed by atoms with E-state index in [1.807, 2.05) is 0 Å². The molecule has 0 aromatic heterocycles. The van der Waals surface area contributed by atoms with Gasteiger partial charge in [0.15, 0.2) is 11.0 Å². The van der Waals surface area contributed by atoms with Gasteiger partial charge in [0.05, 0.1) is 11.7 Å². The largest absolute Gasteiger partial charge is 0.325 e. The van der Waals surface area contributed by atoms with Gasteiger partial charge in [-0.1, -0.05) is 30.3 Å². The maximum atomic E-state index is 12.1. The second-order valence-electron chi connectivity index (χ2n) is 6.11.